The molecule has 0 unspecified atom stereocenters. The highest BCUT2D eigenvalue weighted by molar-refractivity contribution is 7.99. The number of para-hydroxylation sites is 2. The minimum absolute atomic E-state index is 0.184. The van der Waals surface area contributed by atoms with Crippen molar-refractivity contribution in [3.05, 3.63) is 94.0 Å². The van der Waals surface area contributed by atoms with Crippen LogP contribution in [0.3, 0.4) is 0 Å². The second kappa shape index (κ2) is 10.2. The molecule has 0 bridgehead atoms. The molecule has 3 aromatic carbocycles. The lowest BCUT2D eigenvalue weighted by Gasteiger charge is -2.10. The van der Waals surface area contributed by atoms with Gasteiger partial charge in [0.1, 0.15) is 0 Å². The molecule has 32 heavy (non-hydrogen) atoms. The van der Waals surface area contributed by atoms with Gasteiger partial charge in [-0.05, 0) is 48.4 Å². The lowest BCUT2D eigenvalue weighted by atomic mass is 10.1. The van der Waals surface area contributed by atoms with E-state index in [2.05, 4.69) is 15.1 Å². The molecule has 0 saturated carbocycles. The number of fused-ring (bicyclic) bond motifs is 1. The predicted molar refractivity (Wildman–Crippen MR) is 133 cm³/mol. The number of carbonyl (C=O) groups is 1. The zero-order valence-electron chi connectivity index (χ0n) is 17.3. The Hall–Kier alpha value is -2.80. The highest BCUT2D eigenvalue weighted by atomic mass is 35.5. The SMILES string of the molecule is C/C(=N\NC(=O)CSc1nc2ccccc2n1Cc1ccccc1Cl)c1ccc(Cl)cc1. The van der Waals surface area contributed by atoms with Gasteiger partial charge in [-0.3, -0.25) is 4.79 Å². The highest BCUT2D eigenvalue weighted by Crippen LogP contribution is 2.27. The minimum Gasteiger partial charge on any atom is -0.314 e. The lowest BCUT2D eigenvalue weighted by Crippen LogP contribution is -2.21. The third-order valence-electron chi connectivity index (χ3n) is 4.85. The molecule has 1 aromatic heterocycles. The molecule has 4 rings (SSSR count). The van der Waals surface area contributed by atoms with Gasteiger partial charge in [0.15, 0.2) is 5.16 Å². The summed E-state index contributed by atoms with van der Waals surface area (Å²) >= 11 is 13.7. The number of rotatable bonds is 7. The topological polar surface area (TPSA) is 59.3 Å². The molecule has 4 aromatic rings. The number of carbonyl (C=O) groups excluding carboxylic acids is 1. The Labute approximate surface area is 200 Å². The van der Waals surface area contributed by atoms with Gasteiger partial charge in [-0.25, -0.2) is 10.4 Å². The van der Waals surface area contributed by atoms with Crippen LogP contribution in [0, 0.1) is 0 Å². The van der Waals surface area contributed by atoms with E-state index in [0.29, 0.717) is 22.3 Å². The van der Waals surface area contributed by atoms with Gasteiger partial charge in [0.25, 0.3) is 5.91 Å². The summed E-state index contributed by atoms with van der Waals surface area (Å²) in [4.78, 5) is 17.1. The van der Waals surface area contributed by atoms with Gasteiger partial charge in [0, 0.05) is 10.0 Å². The number of hydrazone groups is 1. The Morgan fingerprint density at radius 2 is 1.75 bits per heavy atom. The normalized spacial score (nSPS) is 11.7. The molecule has 0 aliphatic carbocycles. The third kappa shape index (κ3) is 5.33. The molecular formula is C24H20Cl2N4OS. The van der Waals surface area contributed by atoms with E-state index in [0.717, 1.165) is 27.3 Å². The van der Waals surface area contributed by atoms with Crippen molar-refractivity contribution in [2.75, 3.05) is 5.75 Å². The summed E-state index contributed by atoms with van der Waals surface area (Å²) in [5, 5.41) is 6.30. The lowest BCUT2D eigenvalue weighted by molar-refractivity contribution is -0.118. The molecule has 5 nitrogen and oxygen atoms in total. The van der Waals surface area contributed by atoms with E-state index in [1.165, 1.54) is 11.8 Å². The van der Waals surface area contributed by atoms with Gasteiger partial charge < -0.3 is 4.57 Å². The van der Waals surface area contributed by atoms with Crippen LogP contribution in [-0.2, 0) is 11.3 Å². The molecule has 162 valence electrons. The van der Waals surface area contributed by atoms with Crippen LogP contribution >= 0.6 is 35.0 Å². The smallest absolute Gasteiger partial charge is 0.250 e. The van der Waals surface area contributed by atoms with Crippen molar-refractivity contribution in [2.24, 2.45) is 5.10 Å². The maximum Gasteiger partial charge on any atom is 0.250 e. The van der Waals surface area contributed by atoms with Gasteiger partial charge in [-0.15, -0.1) is 0 Å². The fourth-order valence-electron chi connectivity index (χ4n) is 3.18. The van der Waals surface area contributed by atoms with Crippen molar-refractivity contribution in [2.45, 2.75) is 18.6 Å². The number of nitrogens with zero attached hydrogens (tertiary/aromatic N) is 3. The van der Waals surface area contributed by atoms with Crippen LogP contribution in [0.2, 0.25) is 10.0 Å². The van der Waals surface area contributed by atoms with Crippen LogP contribution in [0.25, 0.3) is 11.0 Å². The fraction of sp³-hybridized carbons (Fsp3) is 0.125. The summed E-state index contributed by atoms with van der Waals surface area (Å²) in [6.45, 7) is 2.40. The number of aromatic nitrogens is 2. The van der Waals surface area contributed by atoms with Crippen LogP contribution < -0.4 is 5.43 Å². The summed E-state index contributed by atoms with van der Waals surface area (Å²) in [6.07, 6.45) is 0. The molecule has 0 fully saturated rings. The van der Waals surface area contributed by atoms with E-state index in [1.54, 1.807) is 12.1 Å². The standard InChI is InChI=1S/C24H20Cl2N4OS/c1-16(17-10-12-19(25)13-11-17)28-29-23(31)15-32-24-27-21-8-4-5-9-22(21)30(24)14-18-6-2-3-7-20(18)26/h2-13H,14-15H2,1H3,(H,29,31)/b28-16+. The average Bonchev–Trinajstić information content (AvgIpc) is 3.15. The first-order valence-corrected chi connectivity index (χ1v) is 11.7. The number of amides is 1. The van der Waals surface area contributed by atoms with Gasteiger partial charge >= 0.3 is 0 Å². The minimum atomic E-state index is -0.209. The van der Waals surface area contributed by atoms with Gasteiger partial charge in [0.2, 0.25) is 0 Å². The van der Waals surface area contributed by atoms with Crippen LogP contribution in [0.15, 0.2) is 83.1 Å². The number of benzene rings is 3. The van der Waals surface area contributed by atoms with Gasteiger partial charge in [0.05, 0.1) is 29.0 Å². The van der Waals surface area contributed by atoms with Crippen LogP contribution in [0.4, 0.5) is 0 Å². The monoisotopic (exact) mass is 482 g/mol. The Morgan fingerprint density at radius 1 is 1.03 bits per heavy atom. The molecule has 1 N–H and O–H groups in total. The van der Waals surface area contributed by atoms with E-state index >= 15 is 0 Å². The van der Waals surface area contributed by atoms with Crippen molar-refractivity contribution in [1.29, 1.82) is 0 Å². The van der Waals surface area contributed by atoms with E-state index in [-0.39, 0.29) is 11.7 Å². The zero-order chi connectivity index (χ0) is 22.5. The van der Waals surface area contributed by atoms with Crippen molar-refractivity contribution in [3.63, 3.8) is 0 Å². The quantitative estimate of drug-likeness (QED) is 0.199. The molecule has 0 radical (unpaired) electrons. The van der Waals surface area contributed by atoms with E-state index < -0.39 is 0 Å². The summed E-state index contributed by atoms with van der Waals surface area (Å²) in [7, 11) is 0. The molecule has 0 atom stereocenters. The van der Waals surface area contributed by atoms with E-state index in [4.69, 9.17) is 28.2 Å². The number of nitrogens with one attached hydrogen (secondary N) is 1. The molecule has 1 amide bonds. The Balaban J connectivity index is 1.48. The molecule has 8 heteroatoms. The van der Waals surface area contributed by atoms with Gasteiger partial charge in [-0.1, -0.05) is 77.4 Å². The molecule has 1 heterocycles. The number of hydrogen-bond donors (Lipinski definition) is 1. The Kier molecular flexibility index (Phi) is 7.15. The van der Waals surface area contributed by atoms with E-state index in [1.807, 2.05) is 67.6 Å². The summed E-state index contributed by atoms with van der Waals surface area (Å²) < 4.78 is 2.08. The zero-order valence-corrected chi connectivity index (χ0v) is 19.6. The molecule has 0 saturated heterocycles. The van der Waals surface area contributed by atoms with Crippen molar-refractivity contribution in [1.82, 2.24) is 15.0 Å². The van der Waals surface area contributed by atoms with Crippen molar-refractivity contribution in [3.8, 4) is 0 Å². The van der Waals surface area contributed by atoms with Crippen molar-refractivity contribution < 1.29 is 4.79 Å². The maximum atomic E-state index is 12.4. The van der Waals surface area contributed by atoms with Crippen LogP contribution in [0.5, 0.6) is 0 Å². The number of thioether (sulfide) groups is 1. The highest BCUT2D eigenvalue weighted by Gasteiger charge is 2.14. The van der Waals surface area contributed by atoms with Crippen LogP contribution in [0.1, 0.15) is 18.1 Å². The molecule has 0 aliphatic rings. The first-order valence-electron chi connectivity index (χ1n) is 9.92. The first-order chi connectivity index (χ1) is 15.5. The number of hydrogen-bond acceptors (Lipinski definition) is 4. The predicted octanol–water partition coefficient (Wildman–Crippen LogP) is 6.02. The largest absolute Gasteiger partial charge is 0.314 e. The number of halogens is 2. The Bertz CT molecular complexity index is 1280. The molecule has 0 aliphatic heterocycles. The second-order valence-electron chi connectivity index (χ2n) is 7.09. The first kappa shape index (κ1) is 22.4. The number of imidazole rings is 1. The maximum absolute atomic E-state index is 12.4. The van der Waals surface area contributed by atoms with Gasteiger partial charge in [-0.2, -0.15) is 5.10 Å². The second-order valence-corrected chi connectivity index (χ2v) is 8.87. The fourth-order valence-corrected chi connectivity index (χ4v) is 4.31. The molecule has 0 spiro atoms. The van der Waals surface area contributed by atoms with Crippen LogP contribution in [-0.4, -0.2) is 26.9 Å². The summed E-state index contributed by atoms with van der Waals surface area (Å²) in [6, 6.07) is 22.9. The summed E-state index contributed by atoms with van der Waals surface area (Å²) in [5.41, 5.74) is 7.07. The third-order valence-corrected chi connectivity index (χ3v) is 6.45. The molecular weight excluding hydrogens is 463 g/mol. The summed E-state index contributed by atoms with van der Waals surface area (Å²) in [5.74, 6) is -0.0249. The van der Waals surface area contributed by atoms with Crippen molar-refractivity contribution >= 4 is 57.6 Å². The Morgan fingerprint density at radius 3 is 2.53 bits per heavy atom. The van der Waals surface area contributed by atoms with E-state index in [9.17, 15) is 4.79 Å². The average molecular weight is 483 g/mol.